The van der Waals surface area contributed by atoms with E-state index in [0.717, 1.165) is 23.4 Å². The van der Waals surface area contributed by atoms with Crippen LogP contribution in [0.15, 0.2) is 24.3 Å². The largest absolute Gasteiger partial charge is 0.355 e. The van der Waals surface area contributed by atoms with Gasteiger partial charge in [-0.2, -0.15) is 0 Å². The fraction of sp³-hybridized carbons (Fsp3) is 0.412. The van der Waals surface area contributed by atoms with Gasteiger partial charge in [0.25, 0.3) is 0 Å². The van der Waals surface area contributed by atoms with Crippen LogP contribution in [0, 0.1) is 0 Å². The second-order valence-electron chi connectivity index (χ2n) is 5.59. The van der Waals surface area contributed by atoms with Crippen LogP contribution in [0.3, 0.4) is 0 Å². The average Bonchev–Trinajstić information content (AvgIpc) is 2.90. The highest BCUT2D eigenvalue weighted by Crippen LogP contribution is 2.26. The molecular weight excluding hydrogens is 316 g/mol. The molecule has 1 aromatic heterocycles. The number of aromatic nitrogens is 1. The lowest BCUT2D eigenvalue weighted by Crippen LogP contribution is -2.27. The Balaban J connectivity index is 1.46. The van der Waals surface area contributed by atoms with Crippen molar-refractivity contribution >= 4 is 28.8 Å². The summed E-state index contributed by atoms with van der Waals surface area (Å²) in [5, 5.41) is 4.78. The Hall–Kier alpha value is -1.39. The van der Waals surface area contributed by atoms with Crippen LogP contribution in [0.4, 0.5) is 0 Å². The molecule has 0 unspecified atom stereocenters. The zero-order valence-corrected chi connectivity index (χ0v) is 14.0. The molecule has 0 saturated carbocycles. The molecule has 0 spiro atoms. The van der Waals surface area contributed by atoms with Crippen molar-refractivity contribution in [1.82, 2.24) is 10.3 Å². The van der Waals surface area contributed by atoms with Gasteiger partial charge in [0, 0.05) is 22.9 Å². The topological polar surface area (TPSA) is 42.0 Å². The average molecular weight is 335 g/mol. The molecule has 1 aromatic carbocycles. The fourth-order valence-electron chi connectivity index (χ4n) is 2.72. The van der Waals surface area contributed by atoms with Crippen LogP contribution in [0.1, 0.15) is 34.0 Å². The van der Waals surface area contributed by atoms with Crippen LogP contribution in [-0.2, 0) is 30.5 Å². The van der Waals surface area contributed by atoms with E-state index in [9.17, 15) is 4.79 Å². The second kappa shape index (κ2) is 7.25. The van der Waals surface area contributed by atoms with E-state index in [2.05, 4.69) is 5.32 Å². The fourth-order valence-corrected chi connectivity index (χ4v) is 4.09. The number of carbonyl (C=O) groups is 1. The third kappa shape index (κ3) is 4.08. The monoisotopic (exact) mass is 334 g/mol. The van der Waals surface area contributed by atoms with E-state index >= 15 is 0 Å². The number of aryl methyl sites for hydroxylation is 2. The van der Waals surface area contributed by atoms with Crippen molar-refractivity contribution in [2.45, 2.75) is 38.5 Å². The first kappa shape index (κ1) is 15.5. The summed E-state index contributed by atoms with van der Waals surface area (Å²) in [6, 6.07) is 7.43. The highest BCUT2D eigenvalue weighted by Gasteiger charge is 2.14. The zero-order chi connectivity index (χ0) is 15.4. The highest BCUT2D eigenvalue weighted by atomic mass is 35.5. The predicted octanol–water partition coefficient (Wildman–Crippen LogP) is 3.58. The first-order chi connectivity index (χ1) is 10.7. The van der Waals surface area contributed by atoms with Gasteiger partial charge in [0.1, 0.15) is 0 Å². The number of benzene rings is 1. The van der Waals surface area contributed by atoms with Gasteiger partial charge in [-0.05, 0) is 43.4 Å². The van der Waals surface area contributed by atoms with E-state index in [1.807, 2.05) is 35.6 Å². The number of hydrogen-bond donors (Lipinski definition) is 1. The van der Waals surface area contributed by atoms with Crippen LogP contribution >= 0.6 is 22.9 Å². The van der Waals surface area contributed by atoms with Crippen LogP contribution in [0.2, 0.25) is 5.02 Å². The summed E-state index contributed by atoms with van der Waals surface area (Å²) in [7, 11) is 0. The summed E-state index contributed by atoms with van der Waals surface area (Å²) in [6.07, 6.45) is 6.02. The Kier molecular flexibility index (Phi) is 5.11. The maximum Gasteiger partial charge on any atom is 0.224 e. The van der Waals surface area contributed by atoms with Crippen molar-refractivity contribution in [3.63, 3.8) is 0 Å². The number of fused-ring (bicyclic) bond motifs is 1. The van der Waals surface area contributed by atoms with Crippen LogP contribution < -0.4 is 5.32 Å². The summed E-state index contributed by atoms with van der Waals surface area (Å²) in [6.45, 7) is 0.645. The van der Waals surface area contributed by atoms with Crippen molar-refractivity contribution in [3.8, 4) is 0 Å². The van der Waals surface area contributed by atoms with Gasteiger partial charge in [0.05, 0.1) is 17.1 Å². The molecule has 1 amide bonds. The minimum Gasteiger partial charge on any atom is -0.355 e. The third-order valence-electron chi connectivity index (χ3n) is 3.80. The molecule has 3 nitrogen and oxygen atoms in total. The minimum atomic E-state index is 0.0311. The molecule has 3 rings (SSSR count). The van der Waals surface area contributed by atoms with Gasteiger partial charge < -0.3 is 5.32 Å². The molecule has 1 heterocycles. The number of halogens is 1. The lowest BCUT2D eigenvalue weighted by molar-refractivity contribution is -0.120. The Morgan fingerprint density at radius 2 is 2.18 bits per heavy atom. The van der Waals surface area contributed by atoms with Crippen molar-refractivity contribution < 1.29 is 4.79 Å². The van der Waals surface area contributed by atoms with Crippen molar-refractivity contribution in [1.29, 1.82) is 0 Å². The molecule has 2 aromatic rings. The first-order valence-corrected chi connectivity index (χ1v) is 8.89. The summed E-state index contributed by atoms with van der Waals surface area (Å²) >= 11 is 7.74. The standard InChI is InChI=1S/C17H19ClN2OS/c18-13-5-3-4-12(10-13)11-16(21)19-9-8-17-20-14-6-1-2-7-15(14)22-17/h3-5,10H,1-2,6-9,11H2,(H,19,21). The minimum absolute atomic E-state index is 0.0311. The maximum atomic E-state index is 11.9. The van der Waals surface area contributed by atoms with E-state index in [1.54, 1.807) is 0 Å². The third-order valence-corrected chi connectivity index (χ3v) is 5.26. The smallest absolute Gasteiger partial charge is 0.224 e. The van der Waals surface area contributed by atoms with Gasteiger partial charge in [-0.3, -0.25) is 4.79 Å². The van der Waals surface area contributed by atoms with Crippen LogP contribution in [-0.4, -0.2) is 17.4 Å². The molecule has 1 aliphatic carbocycles. The van der Waals surface area contributed by atoms with Crippen molar-refractivity contribution in [2.75, 3.05) is 6.54 Å². The molecule has 116 valence electrons. The van der Waals surface area contributed by atoms with Crippen molar-refractivity contribution in [3.05, 3.63) is 50.4 Å². The Bertz CT molecular complexity index is 645. The van der Waals surface area contributed by atoms with Gasteiger partial charge in [-0.15, -0.1) is 11.3 Å². The highest BCUT2D eigenvalue weighted by molar-refractivity contribution is 7.11. The molecular formula is C17H19ClN2OS. The number of hydrogen-bond acceptors (Lipinski definition) is 3. The normalized spacial score (nSPS) is 13.7. The zero-order valence-electron chi connectivity index (χ0n) is 12.4. The molecule has 1 N–H and O–H groups in total. The van der Waals surface area contributed by atoms with E-state index in [-0.39, 0.29) is 5.91 Å². The molecule has 5 heteroatoms. The molecule has 0 atom stereocenters. The summed E-state index contributed by atoms with van der Waals surface area (Å²) < 4.78 is 0. The molecule has 0 radical (unpaired) electrons. The number of thiazole rings is 1. The number of carbonyl (C=O) groups excluding carboxylic acids is 1. The summed E-state index contributed by atoms with van der Waals surface area (Å²) in [5.74, 6) is 0.0311. The van der Waals surface area contributed by atoms with E-state index in [0.29, 0.717) is 18.0 Å². The Morgan fingerprint density at radius 1 is 1.32 bits per heavy atom. The van der Waals surface area contributed by atoms with Gasteiger partial charge in [-0.25, -0.2) is 4.98 Å². The predicted molar refractivity (Wildman–Crippen MR) is 90.6 cm³/mol. The Morgan fingerprint density at radius 3 is 3.00 bits per heavy atom. The molecule has 0 fully saturated rings. The van der Waals surface area contributed by atoms with Gasteiger partial charge >= 0.3 is 0 Å². The van der Waals surface area contributed by atoms with E-state index in [4.69, 9.17) is 16.6 Å². The first-order valence-electron chi connectivity index (χ1n) is 7.69. The summed E-state index contributed by atoms with van der Waals surface area (Å²) in [4.78, 5) is 18.1. The van der Waals surface area contributed by atoms with Crippen LogP contribution in [0.5, 0.6) is 0 Å². The Labute approximate surface area is 139 Å². The molecule has 1 aliphatic rings. The second-order valence-corrected chi connectivity index (χ2v) is 7.20. The van der Waals surface area contributed by atoms with Gasteiger partial charge in [0.2, 0.25) is 5.91 Å². The van der Waals surface area contributed by atoms with Crippen LogP contribution in [0.25, 0.3) is 0 Å². The number of rotatable bonds is 5. The molecule has 0 aliphatic heterocycles. The quantitative estimate of drug-likeness (QED) is 0.908. The summed E-state index contributed by atoms with van der Waals surface area (Å²) in [5.41, 5.74) is 2.23. The number of amides is 1. The van der Waals surface area contributed by atoms with Gasteiger partial charge in [-0.1, -0.05) is 23.7 Å². The molecule has 0 saturated heterocycles. The number of nitrogens with one attached hydrogen (secondary N) is 1. The number of nitrogens with zero attached hydrogens (tertiary/aromatic N) is 1. The lowest BCUT2D eigenvalue weighted by atomic mass is 10.0. The maximum absolute atomic E-state index is 11.9. The van der Waals surface area contributed by atoms with E-state index in [1.165, 1.54) is 29.8 Å². The SMILES string of the molecule is O=C(Cc1cccc(Cl)c1)NCCc1nc2c(s1)CCCC2. The lowest BCUT2D eigenvalue weighted by Gasteiger charge is -2.06. The molecule has 0 bridgehead atoms. The van der Waals surface area contributed by atoms with Crippen molar-refractivity contribution in [2.24, 2.45) is 0 Å². The van der Waals surface area contributed by atoms with Gasteiger partial charge in [0.15, 0.2) is 0 Å². The van der Waals surface area contributed by atoms with E-state index < -0.39 is 0 Å². The molecule has 22 heavy (non-hydrogen) atoms.